The molecule has 0 saturated carbocycles. The third-order valence-electron chi connectivity index (χ3n) is 3.23. The molecule has 0 spiro atoms. The normalized spacial score (nSPS) is 10.0. The first-order valence-corrected chi connectivity index (χ1v) is 8.30. The Morgan fingerprint density at radius 1 is 1.28 bits per heavy atom. The van der Waals surface area contributed by atoms with Crippen molar-refractivity contribution in [1.82, 2.24) is 9.97 Å². The first-order chi connectivity index (χ1) is 12.0. The van der Waals surface area contributed by atoms with Gasteiger partial charge in [0, 0.05) is 0 Å². The number of nitriles is 1. The van der Waals surface area contributed by atoms with E-state index in [0.29, 0.717) is 27.8 Å². The first kappa shape index (κ1) is 18.4. The van der Waals surface area contributed by atoms with Crippen LogP contribution < -0.4 is 5.32 Å². The number of carbonyl (C=O) groups is 2. The lowest BCUT2D eigenvalue weighted by Gasteiger charge is -2.10. The molecule has 2 rings (SSSR count). The number of nitrogens with zero attached hydrogens (tertiary/aromatic N) is 3. The second kappa shape index (κ2) is 8.26. The van der Waals surface area contributed by atoms with Crippen molar-refractivity contribution in [3.8, 4) is 6.07 Å². The fourth-order valence-electron chi connectivity index (χ4n) is 2.11. The van der Waals surface area contributed by atoms with Crippen molar-refractivity contribution < 1.29 is 14.3 Å². The molecule has 8 heteroatoms. The van der Waals surface area contributed by atoms with E-state index in [-0.39, 0.29) is 17.2 Å². The van der Waals surface area contributed by atoms with Gasteiger partial charge >= 0.3 is 5.97 Å². The maximum Gasteiger partial charge on any atom is 0.339 e. The van der Waals surface area contributed by atoms with Crippen molar-refractivity contribution >= 4 is 29.3 Å². The number of hydrogen-bond acceptors (Lipinski definition) is 7. The number of ether oxygens (including phenoxy) is 1. The maximum absolute atomic E-state index is 12.2. The van der Waals surface area contributed by atoms with Crippen LogP contribution in [0.5, 0.6) is 0 Å². The molecule has 0 aliphatic rings. The Hall–Kier alpha value is -2.92. The van der Waals surface area contributed by atoms with Crippen molar-refractivity contribution in [1.29, 1.82) is 5.26 Å². The average molecular weight is 356 g/mol. The lowest BCUT2D eigenvalue weighted by molar-refractivity contribution is -0.113. The third kappa shape index (κ3) is 4.55. The minimum absolute atomic E-state index is 0.0417. The largest absolute Gasteiger partial charge is 0.465 e. The summed E-state index contributed by atoms with van der Waals surface area (Å²) in [6, 6.07) is 8.64. The quantitative estimate of drug-likeness (QED) is 0.498. The standard InChI is InChI=1S/C17H16N4O3S/c1-10-13(8-18)16(20-11(2)19-10)25-9-15(22)21-14-7-5-4-6-12(14)17(23)24-3/h4-7H,9H2,1-3H3,(H,21,22). The molecule has 0 aliphatic heterocycles. The maximum atomic E-state index is 12.2. The fourth-order valence-corrected chi connectivity index (χ4v) is 2.99. The van der Waals surface area contributed by atoms with Crippen molar-refractivity contribution in [2.45, 2.75) is 18.9 Å². The van der Waals surface area contributed by atoms with Gasteiger partial charge in [-0.15, -0.1) is 0 Å². The van der Waals surface area contributed by atoms with Gasteiger partial charge in [0.05, 0.1) is 29.8 Å². The van der Waals surface area contributed by atoms with Gasteiger partial charge < -0.3 is 10.1 Å². The Labute approximate surface area is 149 Å². The Morgan fingerprint density at radius 3 is 2.68 bits per heavy atom. The zero-order valence-electron chi connectivity index (χ0n) is 14.0. The van der Waals surface area contributed by atoms with Gasteiger partial charge in [0.25, 0.3) is 0 Å². The van der Waals surface area contributed by atoms with Gasteiger partial charge in [-0.25, -0.2) is 14.8 Å². The van der Waals surface area contributed by atoms with Crippen molar-refractivity contribution in [3.63, 3.8) is 0 Å². The molecule has 0 fully saturated rings. The summed E-state index contributed by atoms with van der Waals surface area (Å²) in [5, 5.41) is 12.4. The number of aromatic nitrogens is 2. The molecule has 0 bridgehead atoms. The Balaban J connectivity index is 2.11. The zero-order valence-corrected chi connectivity index (χ0v) is 14.8. The molecule has 0 saturated heterocycles. The number of anilines is 1. The van der Waals surface area contributed by atoms with Crippen LogP contribution >= 0.6 is 11.8 Å². The molecule has 128 valence electrons. The molecule has 1 heterocycles. The number of aryl methyl sites for hydroxylation is 2. The van der Waals surface area contributed by atoms with Gasteiger partial charge in [-0.1, -0.05) is 23.9 Å². The minimum atomic E-state index is -0.530. The van der Waals surface area contributed by atoms with E-state index in [2.05, 4.69) is 21.4 Å². The predicted molar refractivity (Wildman–Crippen MR) is 93.4 cm³/mol. The summed E-state index contributed by atoms with van der Waals surface area (Å²) in [6.07, 6.45) is 0. The number of benzene rings is 1. The summed E-state index contributed by atoms with van der Waals surface area (Å²) < 4.78 is 4.70. The van der Waals surface area contributed by atoms with E-state index in [0.717, 1.165) is 11.8 Å². The van der Waals surface area contributed by atoms with Crippen LogP contribution in [0.1, 0.15) is 27.4 Å². The molecule has 1 aromatic heterocycles. The number of methoxy groups -OCH3 is 1. The molecule has 0 aliphatic carbocycles. The van der Waals surface area contributed by atoms with E-state index in [4.69, 9.17) is 4.74 Å². The number of nitrogens with one attached hydrogen (secondary N) is 1. The highest BCUT2D eigenvalue weighted by molar-refractivity contribution is 8.00. The molecule has 0 unspecified atom stereocenters. The summed E-state index contributed by atoms with van der Waals surface area (Å²) in [7, 11) is 1.28. The Bertz CT molecular complexity index is 861. The monoisotopic (exact) mass is 356 g/mol. The van der Waals surface area contributed by atoms with Crippen molar-refractivity contribution in [2.75, 3.05) is 18.2 Å². The van der Waals surface area contributed by atoms with Crippen LogP contribution in [0, 0.1) is 25.2 Å². The summed E-state index contributed by atoms with van der Waals surface area (Å²) in [6.45, 7) is 3.45. The number of hydrogen-bond donors (Lipinski definition) is 1. The zero-order chi connectivity index (χ0) is 18.4. The van der Waals surface area contributed by atoms with Gasteiger partial charge in [0.2, 0.25) is 5.91 Å². The van der Waals surface area contributed by atoms with Crippen LogP contribution in [-0.2, 0) is 9.53 Å². The lowest BCUT2D eigenvalue weighted by Crippen LogP contribution is -2.17. The van der Waals surface area contributed by atoms with Crippen LogP contribution in [0.25, 0.3) is 0 Å². The SMILES string of the molecule is COC(=O)c1ccccc1NC(=O)CSc1nc(C)nc(C)c1C#N. The Morgan fingerprint density at radius 2 is 2.00 bits per heavy atom. The molecular formula is C17H16N4O3S. The summed E-state index contributed by atoms with van der Waals surface area (Å²) >= 11 is 1.15. The van der Waals surface area contributed by atoms with E-state index in [1.807, 2.05) is 0 Å². The fraction of sp³-hybridized carbons (Fsp3) is 0.235. The van der Waals surface area contributed by atoms with E-state index >= 15 is 0 Å². The highest BCUT2D eigenvalue weighted by Crippen LogP contribution is 2.23. The average Bonchev–Trinajstić information content (AvgIpc) is 2.59. The second-order valence-corrected chi connectivity index (χ2v) is 5.99. The number of rotatable bonds is 5. The van der Waals surface area contributed by atoms with Gasteiger partial charge in [-0.3, -0.25) is 4.79 Å². The molecule has 2 aromatic rings. The Kier molecular flexibility index (Phi) is 6.08. The van der Waals surface area contributed by atoms with Crippen LogP contribution in [-0.4, -0.2) is 34.7 Å². The number of amides is 1. The van der Waals surface area contributed by atoms with Crippen molar-refractivity contribution in [3.05, 3.63) is 46.9 Å². The molecule has 1 amide bonds. The molecule has 1 N–H and O–H groups in total. The van der Waals surface area contributed by atoms with E-state index in [1.165, 1.54) is 7.11 Å². The molecule has 0 atom stereocenters. The third-order valence-corrected chi connectivity index (χ3v) is 4.20. The van der Waals surface area contributed by atoms with Gasteiger partial charge in [0.1, 0.15) is 22.5 Å². The van der Waals surface area contributed by atoms with Crippen LogP contribution in [0.3, 0.4) is 0 Å². The van der Waals surface area contributed by atoms with Crippen LogP contribution in [0.2, 0.25) is 0 Å². The number of carbonyl (C=O) groups excluding carboxylic acids is 2. The highest BCUT2D eigenvalue weighted by Gasteiger charge is 2.15. The molecule has 7 nitrogen and oxygen atoms in total. The number of thioether (sulfide) groups is 1. The van der Waals surface area contributed by atoms with Crippen LogP contribution in [0.4, 0.5) is 5.69 Å². The van der Waals surface area contributed by atoms with E-state index in [9.17, 15) is 14.9 Å². The molecular weight excluding hydrogens is 340 g/mol. The van der Waals surface area contributed by atoms with Gasteiger partial charge in [-0.2, -0.15) is 5.26 Å². The lowest BCUT2D eigenvalue weighted by atomic mass is 10.2. The smallest absolute Gasteiger partial charge is 0.339 e. The molecule has 1 aromatic carbocycles. The summed E-state index contributed by atoms with van der Waals surface area (Å²) in [5.74, 6) is -0.271. The number of esters is 1. The topological polar surface area (TPSA) is 105 Å². The second-order valence-electron chi connectivity index (χ2n) is 5.02. The molecule has 0 radical (unpaired) electrons. The number of para-hydroxylation sites is 1. The summed E-state index contributed by atoms with van der Waals surface area (Å²) in [5.41, 5.74) is 1.58. The van der Waals surface area contributed by atoms with E-state index < -0.39 is 5.97 Å². The predicted octanol–water partition coefficient (Wildman–Crippen LogP) is 2.48. The van der Waals surface area contributed by atoms with E-state index in [1.54, 1.807) is 38.1 Å². The molecule has 25 heavy (non-hydrogen) atoms. The summed E-state index contributed by atoms with van der Waals surface area (Å²) in [4.78, 5) is 32.3. The van der Waals surface area contributed by atoms with Crippen LogP contribution in [0.15, 0.2) is 29.3 Å². The van der Waals surface area contributed by atoms with Gasteiger partial charge in [0.15, 0.2) is 0 Å². The van der Waals surface area contributed by atoms with Gasteiger partial charge in [-0.05, 0) is 26.0 Å². The minimum Gasteiger partial charge on any atom is -0.465 e. The highest BCUT2D eigenvalue weighted by atomic mass is 32.2. The first-order valence-electron chi connectivity index (χ1n) is 7.31. The van der Waals surface area contributed by atoms with Crippen molar-refractivity contribution in [2.24, 2.45) is 0 Å².